The van der Waals surface area contributed by atoms with E-state index in [-0.39, 0.29) is 6.07 Å². The van der Waals surface area contributed by atoms with Gasteiger partial charge in [0.05, 0.1) is 5.56 Å². The Hall–Kier alpha value is -1.59. The van der Waals surface area contributed by atoms with Gasteiger partial charge in [-0.1, -0.05) is 13.8 Å². The molecule has 1 rings (SSSR count). The summed E-state index contributed by atoms with van der Waals surface area (Å²) in [5.74, 6) is -6.57. The summed E-state index contributed by atoms with van der Waals surface area (Å²) in [4.78, 5) is 1.40. The van der Waals surface area contributed by atoms with Crippen LogP contribution in [0.2, 0.25) is 0 Å². The maximum Gasteiger partial charge on any atom is 0.172 e. The smallest absolute Gasteiger partial charge is 0.172 e. The number of halogens is 4. The first-order valence-corrected chi connectivity index (χ1v) is 6.10. The van der Waals surface area contributed by atoms with Crippen LogP contribution in [0.1, 0.15) is 32.3 Å². The highest BCUT2D eigenvalue weighted by atomic mass is 19.2. The molecule has 0 aliphatic rings. The number of nitrogens with zero attached hydrogens (tertiary/aromatic N) is 1. The SMILES string of the molecule is CCCN(CCC)C(=N)c1c(F)c(F)cc(F)c1F. The minimum absolute atomic E-state index is 0.144. The van der Waals surface area contributed by atoms with Crippen molar-refractivity contribution in [1.82, 2.24) is 4.90 Å². The molecule has 19 heavy (non-hydrogen) atoms. The first-order chi connectivity index (χ1) is 8.93. The summed E-state index contributed by atoms with van der Waals surface area (Å²) in [6.45, 7) is 4.47. The molecule has 0 spiro atoms. The highest BCUT2D eigenvalue weighted by Crippen LogP contribution is 2.21. The van der Waals surface area contributed by atoms with E-state index < -0.39 is 34.7 Å². The van der Waals surface area contributed by atoms with Gasteiger partial charge in [-0.25, -0.2) is 17.6 Å². The van der Waals surface area contributed by atoms with Gasteiger partial charge < -0.3 is 4.90 Å². The average molecular weight is 276 g/mol. The largest absolute Gasteiger partial charge is 0.356 e. The third-order valence-electron chi connectivity index (χ3n) is 2.65. The Bertz CT molecular complexity index is 442. The van der Waals surface area contributed by atoms with E-state index >= 15 is 0 Å². The van der Waals surface area contributed by atoms with Crippen LogP contribution in [0.25, 0.3) is 0 Å². The quantitative estimate of drug-likeness (QED) is 0.377. The van der Waals surface area contributed by atoms with Crippen LogP contribution in [-0.4, -0.2) is 23.8 Å². The number of rotatable bonds is 5. The van der Waals surface area contributed by atoms with Crippen molar-refractivity contribution >= 4 is 5.84 Å². The molecule has 0 heterocycles. The van der Waals surface area contributed by atoms with Crippen LogP contribution >= 0.6 is 0 Å². The Morgan fingerprint density at radius 2 is 1.42 bits per heavy atom. The van der Waals surface area contributed by atoms with Gasteiger partial charge in [0.2, 0.25) is 0 Å². The summed E-state index contributed by atoms with van der Waals surface area (Å²) in [5, 5.41) is 7.78. The molecule has 2 nitrogen and oxygen atoms in total. The minimum atomic E-state index is -1.53. The van der Waals surface area contributed by atoms with Gasteiger partial charge in [-0.15, -0.1) is 0 Å². The fourth-order valence-electron chi connectivity index (χ4n) is 1.81. The summed E-state index contributed by atoms with van der Waals surface area (Å²) < 4.78 is 53.4. The van der Waals surface area contributed by atoms with E-state index in [1.54, 1.807) is 0 Å². The van der Waals surface area contributed by atoms with Gasteiger partial charge in [-0.2, -0.15) is 0 Å². The third-order valence-corrected chi connectivity index (χ3v) is 2.65. The Morgan fingerprint density at radius 1 is 1.00 bits per heavy atom. The first kappa shape index (κ1) is 15.5. The predicted octanol–water partition coefficient (Wildman–Crippen LogP) is 3.69. The van der Waals surface area contributed by atoms with Crippen molar-refractivity contribution in [1.29, 1.82) is 5.41 Å². The molecule has 0 fully saturated rings. The van der Waals surface area contributed by atoms with Crippen LogP contribution < -0.4 is 0 Å². The lowest BCUT2D eigenvalue weighted by Gasteiger charge is -2.24. The Kier molecular flexibility index (Phi) is 5.32. The van der Waals surface area contributed by atoms with Crippen LogP contribution in [0.3, 0.4) is 0 Å². The fourth-order valence-corrected chi connectivity index (χ4v) is 1.81. The molecule has 0 aliphatic carbocycles. The summed E-state index contributed by atoms with van der Waals surface area (Å²) in [6, 6.07) is 0.144. The minimum Gasteiger partial charge on any atom is -0.356 e. The summed E-state index contributed by atoms with van der Waals surface area (Å²) >= 11 is 0. The lowest BCUT2D eigenvalue weighted by molar-refractivity contribution is 0.403. The van der Waals surface area contributed by atoms with Crippen molar-refractivity contribution in [2.75, 3.05) is 13.1 Å². The van der Waals surface area contributed by atoms with E-state index in [0.717, 1.165) is 0 Å². The van der Waals surface area contributed by atoms with Crippen LogP contribution in [0.5, 0.6) is 0 Å². The van der Waals surface area contributed by atoms with E-state index in [1.165, 1.54) is 4.90 Å². The predicted molar refractivity (Wildman–Crippen MR) is 65.3 cm³/mol. The molecule has 0 aliphatic heterocycles. The first-order valence-electron chi connectivity index (χ1n) is 6.10. The van der Waals surface area contributed by atoms with E-state index in [2.05, 4.69) is 0 Å². The summed E-state index contributed by atoms with van der Waals surface area (Å²) in [5.41, 5.74) is -0.945. The van der Waals surface area contributed by atoms with Gasteiger partial charge in [0.15, 0.2) is 23.3 Å². The molecule has 6 heteroatoms. The van der Waals surface area contributed by atoms with E-state index in [9.17, 15) is 17.6 Å². The zero-order valence-corrected chi connectivity index (χ0v) is 10.9. The highest BCUT2D eigenvalue weighted by molar-refractivity contribution is 5.97. The third kappa shape index (κ3) is 3.24. The molecular weight excluding hydrogens is 260 g/mol. The lowest BCUT2D eigenvalue weighted by Crippen LogP contribution is -2.34. The Labute approximate surface area is 109 Å². The van der Waals surface area contributed by atoms with Crippen LogP contribution in [0.4, 0.5) is 17.6 Å². The molecule has 0 aromatic heterocycles. The summed E-state index contributed by atoms with van der Waals surface area (Å²) in [6.07, 6.45) is 1.31. The van der Waals surface area contributed by atoms with Gasteiger partial charge in [0.25, 0.3) is 0 Å². The molecule has 0 bridgehead atoms. The van der Waals surface area contributed by atoms with E-state index in [1.807, 2.05) is 13.8 Å². The van der Waals surface area contributed by atoms with E-state index in [0.29, 0.717) is 25.9 Å². The van der Waals surface area contributed by atoms with Gasteiger partial charge >= 0.3 is 0 Å². The van der Waals surface area contributed by atoms with E-state index in [4.69, 9.17) is 5.41 Å². The number of amidine groups is 1. The maximum atomic E-state index is 13.6. The molecule has 0 radical (unpaired) electrons. The van der Waals surface area contributed by atoms with Crippen molar-refractivity contribution < 1.29 is 17.6 Å². The van der Waals surface area contributed by atoms with Crippen molar-refractivity contribution in [2.45, 2.75) is 26.7 Å². The summed E-state index contributed by atoms with van der Waals surface area (Å²) in [7, 11) is 0. The second-order valence-corrected chi connectivity index (χ2v) is 4.18. The van der Waals surface area contributed by atoms with Gasteiger partial charge in [-0.3, -0.25) is 5.41 Å². The Morgan fingerprint density at radius 3 is 1.79 bits per heavy atom. The zero-order chi connectivity index (χ0) is 14.6. The van der Waals surface area contributed by atoms with Gasteiger partial charge in [0, 0.05) is 19.2 Å². The Balaban J connectivity index is 3.24. The average Bonchev–Trinajstić information content (AvgIpc) is 2.36. The standard InChI is InChI=1S/C13H16F4N2/c1-3-5-19(6-4-2)13(18)10-11(16)8(14)7-9(15)12(10)17/h7,18H,3-6H2,1-2H3. The van der Waals surface area contributed by atoms with Crippen molar-refractivity contribution in [3.05, 3.63) is 34.9 Å². The van der Waals surface area contributed by atoms with Crippen molar-refractivity contribution in [3.63, 3.8) is 0 Å². The molecule has 0 unspecified atom stereocenters. The van der Waals surface area contributed by atoms with Crippen LogP contribution in [0, 0.1) is 28.7 Å². The second kappa shape index (κ2) is 6.54. The maximum absolute atomic E-state index is 13.6. The second-order valence-electron chi connectivity index (χ2n) is 4.18. The molecule has 1 aromatic rings. The molecule has 1 aromatic carbocycles. The molecule has 106 valence electrons. The zero-order valence-electron chi connectivity index (χ0n) is 10.9. The molecule has 1 N–H and O–H groups in total. The molecule has 0 amide bonds. The van der Waals surface area contributed by atoms with Crippen LogP contribution in [0.15, 0.2) is 6.07 Å². The molecule has 0 saturated heterocycles. The monoisotopic (exact) mass is 276 g/mol. The lowest BCUT2D eigenvalue weighted by atomic mass is 10.1. The highest BCUT2D eigenvalue weighted by Gasteiger charge is 2.25. The number of hydrogen-bond donors (Lipinski definition) is 1. The number of hydrogen-bond acceptors (Lipinski definition) is 1. The fraction of sp³-hybridized carbons (Fsp3) is 0.462. The number of benzene rings is 1. The van der Waals surface area contributed by atoms with Gasteiger partial charge in [0.1, 0.15) is 5.84 Å². The van der Waals surface area contributed by atoms with Crippen molar-refractivity contribution in [3.8, 4) is 0 Å². The molecule has 0 atom stereocenters. The molecule has 0 saturated carbocycles. The molecular formula is C13H16F4N2. The van der Waals surface area contributed by atoms with Crippen molar-refractivity contribution in [2.24, 2.45) is 0 Å². The topological polar surface area (TPSA) is 27.1 Å². The number of nitrogens with one attached hydrogen (secondary N) is 1. The normalized spacial score (nSPS) is 10.6. The van der Waals surface area contributed by atoms with Gasteiger partial charge in [-0.05, 0) is 12.8 Å². The van der Waals surface area contributed by atoms with Crippen LogP contribution in [-0.2, 0) is 0 Å².